The van der Waals surface area contributed by atoms with Crippen LogP contribution in [0.25, 0.3) is 65.0 Å². The maximum atomic E-state index is 7.27. The molecule has 3 heteroatoms. The van der Waals surface area contributed by atoms with E-state index in [1.807, 2.05) is 12.1 Å². The van der Waals surface area contributed by atoms with Crippen molar-refractivity contribution in [2.24, 2.45) is 7.05 Å². The minimum atomic E-state index is 0.665. The Kier molecular flexibility index (Phi) is 3.47. The molecule has 0 saturated carbocycles. The highest BCUT2D eigenvalue weighted by atomic mass is 15.0. The predicted octanol–water partition coefficient (Wildman–Crippen LogP) is 7.34. The molecule has 0 atom stereocenters. The van der Waals surface area contributed by atoms with Gasteiger partial charge in [0, 0.05) is 16.8 Å². The van der Waals surface area contributed by atoms with E-state index in [4.69, 9.17) is 6.57 Å². The Labute approximate surface area is 190 Å². The van der Waals surface area contributed by atoms with E-state index in [1.165, 1.54) is 54.6 Å². The maximum absolute atomic E-state index is 7.27. The highest BCUT2D eigenvalue weighted by Gasteiger charge is 2.24. The van der Waals surface area contributed by atoms with Crippen LogP contribution in [-0.4, -0.2) is 4.40 Å². The lowest BCUT2D eigenvalue weighted by atomic mass is 9.96. The van der Waals surface area contributed by atoms with Gasteiger partial charge in [0.15, 0.2) is 11.9 Å². The molecule has 0 aliphatic rings. The molecule has 0 saturated heterocycles. The molecule has 154 valence electrons. The number of benzene rings is 4. The van der Waals surface area contributed by atoms with E-state index in [0.29, 0.717) is 5.69 Å². The van der Waals surface area contributed by atoms with Gasteiger partial charge in [-0.2, -0.15) is 0 Å². The molecule has 0 aliphatic heterocycles. The third-order valence-corrected chi connectivity index (χ3v) is 7.07. The summed E-state index contributed by atoms with van der Waals surface area (Å²) in [5.41, 5.74) is 9.25. The van der Waals surface area contributed by atoms with E-state index >= 15 is 0 Å². The fourth-order valence-corrected chi connectivity index (χ4v) is 5.56. The van der Waals surface area contributed by atoms with E-state index in [9.17, 15) is 0 Å². The first kappa shape index (κ1) is 18.2. The molecule has 4 aromatic carbocycles. The van der Waals surface area contributed by atoms with Crippen LogP contribution in [0.2, 0.25) is 0 Å². The Morgan fingerprint density at radius 1 is 0.788 bits per heavy atom. The molecule has 3 aromatic heterocycles. The number of aromatic nitrogens is 2. The Hall–Kier alpha value is -4.42. The van der Waals surface area contributed by atoms with E-state index in [1.54, 1.807) is 0 Å². The molecule has 3 nitrogen and oxygen atoms in total. The zero-order valence-corrected chi connectivity index (χ0v) is 18.4. The molecule has 7 rings (SSSR count). The maximum Gasteiger partial charge on any atom is 0.224 e. The summed E-state index contributed by atoms with van der Waals surface area (Å²) in [4.78, 5) is 3.55. The van der Waals surface area contributed by atoms with E-state index in [2.05, 4.69) is 101 Å². The molecule has 0 bridgehead atoms. The van der Waals surface area contributed by atoms with Gasteiger partial charge in [0.1, 0.15) is 7.05 Å². The van der Waals surface area contributed by atoms with Crippen LogP contribution in [-0.2, 0) is 7.05 Å². The average molecular weight is 423 g/mol. The van der Waals surface area contributed by atoms with Crippen LogP contribution in [0.1, 0.15) is 5.56 Å². The standard InChI is InChI=1S/C30H20N3/c1-18-8-13-24-23-6-4-5-7-25(23)33-26-17-21(19-9-11-22(31-2)12-10-19)16-20-14-15-32(3)30(28(20)26)27(18)29(24)33/h4-17H,1,3H3/q+1. The Morgan fingerprint density at radius 3 is 2.42 bits per heavy atom. The fourth-order valence-electron chi connectivity index (χ4n) is 5.56. The van der Waals surface area contributed by atoms with Crippen molar-refractivity contribution in [3.63, 3.8) is 0 Å². The van der Waals surface area contributed by atoms with Crippen molar-refractivity contribution < 1.29 is 4.57 Å². The fraction of sp³-hybridized carbons (Fsp3) is 0.0667. The summed E-state index contributed by atoms with van der Waals surface area (Å²) in [6.45, 7) is 9.49. The third-order valence-electron chi connectivity index (χ3n) is 7.07. The molecular formula is C30H20N3+. The summed E-state index contributed by atoms with van der Waals surface area (Å²) in [6.07, 6.45) is 2.17. The van der Waals surface area contributed by atoms with Gasteiger partial charge >= 0.3 is 0 Å². The molecule has 0 fully saturated rings. The molecule has 3 heterocycles. The molecule has 0 unspecified atom stereocenters. The monoisotopic (exact) mass is 422 g/mol. The van der Waals surface area contributed by atoms with Crippen LogP contribution in [0.4, 0.5) is 5.69 Å². The second-order valence-electron chi connectivity index (χ2n) is 8.90. The smallest absolute Gasteiger partial charge is 0.224 e. The van der Waals surface area contributed by atoms with Crippen LogP contribution < -0.4 is 4.57 Å². The van der Waals surface area contributed by atoms with Gasteiger partial charge in [-0.25, -0.2) is 9.41 Å². The topological polar surface area (TPSA) is 12.7 Å². The first-order valence-electron chi connectivity index (χ1n) is 11.1. The third kappa shape index (κ3) is 2.30. The van der Waals surface area contributed by atoms with Gasteiger partial charge in [-0.3, -0.25) is 0 Å². The quantitative estimate of drug-likeness (QED) is 0.114. The van der Waals surface area contributed by atoms with Crippen LogP contribution >= 0.6 is 0 Å². The minimum absolute atomic E-state index is 0.665. The predicted molar refractivity (Wildman–Crippen MR) is 136 cm³/mol. The summed E-state index contributed by atoms with van der Waals surface area (Å²) in [5, 5.41) is 6.40. The Morgan fingerprint density at radius 2 is 1.61 bits per heavy atom. The molecule has 33 heavy (non-hydrogen) atoms. The lowest BCUT2D eigenvalue weighted by Gasteiger charge is -2.14. The van der Waals surface area contributed by atoms with Gasteiger partial charge in [0.2, 0.25) is 5.52 Å². The van der Waals surface area contributed by atoms with Crippen LogP contribution in [0, 0.1) is 13.5 Å². The second-order valence-corrected chi connectivity index (χ2v) is 8.90. The largest absolute Gasteiger partial charge is 0.307 e. The molecule has 0 spiro atoms. The van der Waals surface area contributed by atoms with E-state index < -0.39 is 0 Å². The van der Waals surface area contributed by atoms with Crippen LogP contribution in [0.5, 0.6) is 0 Å². The molecule has 0 radical (unpaired) electrons. The number of rotatable bonds is 1. The van der Waals surface area contributed by atoms with Crippen molar-refractivity contribution in [3.8, 4) is 11.1 Å². The second kappa shape index (κ2) is 6.31. The van der Waals surface area contributed by atoms with Gasteiger partial charge < -0.3 is 4.40 Å². The first-order valence-corrected chi connectivity index (χ1v) is 11.1. The zero-order chi connectivity index (χ0) is 22.3. The summed E-state index contributed by atoms with van der Waals surface area (Å²) < 4.78 is 4.72. The summed E-state index contributed by atoms with van der Waals surface area (Å²) in [7, 11) is 2.14. The number of nitrogens with zero attached hydrogens (tertiary/aromatic N) is 3. The highest BCUT2D eigenvalue weighted by Crippen LogP contribution is 2.41. The number of hydrogen-bond acceptors (Lipinski definition) is 0. The zero-order valence-electron chi connectivity index (χ0n) is 18.4. The van der Waals surface area contributed by atoms with Gasteiger partial charge in [0.25, 0.3) is 0 Å². The van der Waals surface area contributed by atoms with Crippen molar-refractivity contribution in [2.45, 2.75) is 6.92 Å². The lowest BCUT2D eigenvalue weighted by molar-refractivity contribution is -0.643. The van der Waals surface area contributed by atoms with Crippen molar-refractivity contribution in [1.29, 1.82) is 0 Å². The average Bonchev–Trinajstić information content (AvgIpc) is 3.19. The van der Waals surface area contributed by atoms with Crippen LogP contribution in [0.3, 0.4) is 0 Å². The van der Waals surface area contributed by atoms with Crippen LogP contribution in [0.15, 0.2) is 85.1 Å². The van der Waals surface area contributed by atoms with Crippen molar-refractivity contribution >= 4 is 54.7 Å². The first-order chi connectivity index (χ1) is 16.2. The Balaban J connectivity index is 1.77. The van der Waals surface area contributed by atoms with E-state index in [-0.39, 0.29) is 0 Å². The molecular weight excluding hydrogens is 402 g/mol. The molecule has 0 amide bonds. The molecule has 0 N–H and O–H groups in total. The molecule has 7 aromatic rings. The lowest BCUT2D eigenvalue weighted by Crippen LogP contribution is -2.28. The minimum Gasteiger partial charge on any atom is -0.307 e. The number of fused-ring (bicyclic) bond motifs is 5. The highest BCUT2D eigenvalue weighted by molar-refractivity contribution is 6.26. The van der Waals surface area contributed by atoms with Gasteiger partial charge in [0.05, 0.1) is 33.9 Å². The normalized spacial score (nSPS) is 11.9. The van der Waals surface area contributed by atoms with Gasteiger partial charge in [-0.1, -0.05) is 54.6 Å². The van der Waals surface area contributed by atoms with E-state index in [0.717, 1.165) is 11.1 Å². The summed E-state index contributed by atoms with van der Waals surface area (Å²) >= 11 is 0. The SMILES string of the molecule is [C-]#[N+]c1ccc(-c2cc3cc[n+](C)c4c5c(C)ccc6c7ccccc7n(c(c2)c34)c65)cc1. The number of pyridine rings is 2. The summed E-state index contributed by atoms with van der Waals surface area (Å²) in [5.74, 6) is 0. The number of aryl methyl sites for hydroxylation is 2. The van der Waals surface area contributed by atoms with Gasteiger partial charge in [-0.05, 0) is 47.2 Å². The van der Waals surface area contributed by atoms with Crippen molar-refractivity contribution in [3.05, 3.63) is 102 Å². The number of para-hydroxylation sites is 1. The van der Waals surface area contributed by atoms with Gasteiger partial charge in [-0.15, -0.1) is 0 Å². The van der Waals surface area contributed by atoms with Crippen molar-refractivity contribution in [1.82, 2.24) is 4.40 Å². The van der Waals surface area contributed by atoms with Crippen molar-refractivity contribution in [2.75, 3.05) is 0 Å². The Bertz CT molecular complexity index is 1930. The molecule has 0 aliphatic carbocycles. The summed E-state index contributed by atoms with van der Waals surface area (Å²) in [6, 6.07) is 27.9. The number of hydrogen-bond donors (Lipinski definition) is 0.